The van der Waals surface area contributed by atoms with E-state index >= 15 is 0 Å². The highest BCUT2D eigenvalue weighted by molar-refractivity contribution is 5.97. The van der Waals surface area contributed by atoms with Gasteiger partial charge in [0.25, 0.3) is 5.91 Å². The van der Waals surface area contributed by atoms with Gasteiger partial charge < -0.3 is 14.8 Å². The summed E-state index contributed by atoms with van der Waals surface area (Å²) in [6.45, 7) is 1.97. The highest BCUT2D eigenvalue weighted by Gasteiger charge is 2.12. The Morgan fingerprint density at radius 2 is 2.00 bits per heavy atom. The van der Waals surface area contributed by atoms with Crippen molar-refractivity contribution in [2.45, 2.75) is 13.3 Å². The quantitative estimate of drug-likeness (QED) is 0.647. The third-order valence-corrected chi connectivity index (χ3v) is 3.51. The number of rotatable bonds is 5. The van der Waals surface area contributed by atoms with Crippen LogP contribution in [0, 0.1) is 0 Å². The number of nitrogens with zero attached hydrogens (tertiary/aromatic N) is 1. The molecule has 7 heteroatoms. The predicted molar refractivity (Wildman–Crippen MR) is 93.0 cm³/mol. The molecule has 0 saturated carbocycles. The summed E-state index contributed by atoms with van der Waals surface area (Å²) in [4.78, 5) is 23.6. The Morgan fingerprint density at radius 3 is 2.84 bits per heavy atom. The lowest BCUT2D eigenvalue weighted by molar-refractivity contribution is -0.115. The first kappa shape index (κ1) is 16.5. The molecule has 0 aliphatic carbocycles. The van der Waals surface area contributed by atoms with Crippen LogP contribution < -0.4 is 20.2 Å². The van der Waals surface area contributed by atoms with Gasteiger partial charge in [0.2, 0.25) is 12.7 Å². The maximum absolute atomic E-state index is 12.1. The van der Waals surface area contributed by atoms with E-state index in [4.69, 9.17) is 9.47 Å². The van der Waals surface area contributed by atoms with Gasteiger partial charge in [-0.25, -0.2) is 5.43 Å². The number of amides is 2. The summed E-state index contributed by atoms with van der Waals surface area (Å²) in [7, 11) is 0. The van der Waals surface area contributed by atoms with Gasteiger partial charge >= 0.3 is 0 Å². The number of hydrazone groups is 1. The van der Waals surface area contributed by atoms with Crippen LogP contribution in [0.1, 0.15) is 29.3 Å². The Bertz CT molecular complexity index is 833. The summed E-state index contributed by atoms with van der Waals surface area (Å²) >= 11 is 0. The number of nitrogens with one attached hydrogen (secondary N) is 2. The molecule has 1 heterocycles. The molecule has 2 amide bonds. The fourth-order valence-electron chi connectivity index (χ4n) is 2.21. The van der Waals surface area contributed by atoms with E-state index in [9.17, 15) is 9.59 Å². The number of carbonyl (C=O) groups is 2. The summed E-state index contributed by atoms with van der Waals surface area (Å²) < 4.78 is 10.5. The zero-order valence-electron chi connectivity index (χ0n) is 13.6. The van der Waals surface area contributed by atoms with Crippen molar-refractivity contribution in [3.8, 4) is 11.5 Å². The van der Waals surface area contributed by atoms with Gasteiger partial charge in [-0.15, -0.1) is 0 Å². The van der Waals surface area contributed by atoms with Gasteiger partial charge in [0.05, 0.1) is 6.21 Å². The largest absolute Gasteiger partial charge is 0.454 e. The van der Waals surface area contributed by atoms with Gasteiger partial charge in [-0.2, -0.15) is 5.10 Å². The molecule has 2 aromatic carbocycles. The first-order valence-corrected chi connectivity index (χ1v) is 7.78. The van der Waals surface area contributed by atoms with Crippen molar-refractivity contribution in [3.05, 3.63) is 53.6 Å². The van der Waals surface area contributed by atoms with E-state index in [1.807, 2.05) is 6.07 Å². The number of fused-ring (bicyclic) bond motifs is 1. The van der Waals surface area contributed by atoms with Crippen molar-refractivity contribution in [2.75, 3.05) is 12.1 Å². The zero-order chi connectivity index (χ0) is 17.6. The standard InChI is InChI=1S/C18H17N3O4/c1-2-17(22)20-14-5-3-4-13(9-14)18(23)21-19-10-12-6-7-15-16(8-12)25-11-24-15/h3-10H,2,11H2,1H3,(H,20,22)(H,21,23). The summed E-state index contributed by atoms with van der Waals surface area (Å²) in [5, 5.41) is 6.65. The topological polar surface area (TPSA) is 89.0 Å². The molecule has 1 aliphatic heterocycles. The van der Waals surface area contributed by atoms with Crippen LogP contribution in [0.15, 0.2) is 47.6 Å². The monoisotopic (exact) mass is 339 g/mol. The fourth-order valence-corrected chi connectivity index (χ4v) is 2.21. The molecule has 0 fully saturated rings. The first-order valence-electron chi connectivity index (χ1n) is 7.78. The zero-order valence-corrected chi connectivity index (χ0v) is 13.6. The highest BCUT2D eigenvalue weighted by Crippen LogP contribution is 2.31. The Labute approximate surface area is 144 Å². The number of carbonyl (C=O) groups excluding carboxylic acids is 2. The molecule has 0 unspecified atom stereocenters. The van der Waals surface area contributed by atoms with Gasteiger partial charge in [0, 0.05) is 17.7 Å². The molecule has 0 bridgehead atoms. The van der Waals surface area contributed by atoms with Crippen LogP contribution in [-0.4, -0.2) is 24.8 Å². The molecule has 0 atom stereocenters. The summed E-state index contributed by atoms with van der Waals surface area (Å²) in [5.74, 6) is 0.852. The molecule has 0 radical (unpaired) electrons. The molecule has 2 aromatic rings. The summed E-state index contributed by atoms with van der Waals surface area (Å²) in [5.41, 5.74) is 4.20. The van der Waals surface area contributed by atoms with Crippen molar-refractivity contribution in [2.24, 2.45) is 5.10 Å². The minimum Gasteiger partial charge on any atom is -0.454 e. The van der Waals surface area contributed by atoms with Crippen molar-refractivity contribution in [1.29, 1.82) is 0 Å². The van der Waals surface area contributed by atoms with Crippen LogP contribution in [0.2, 0.25) is 0 Å². The Kier molecular flexibility index (Phi) is 4.94. The second-order valence-electron chi connectivity index (χ2n) is 5.29. The molecule has 7 nitrogen and oxygen atoms in total. The lowest BCUT2D eigenvalue weighted by Gasteiger charge is -2.05. The second kappa shape index (κ2) is 7.48. The van der Waals surface area contributed by atoms with Gasteiger partial charge in [-0.05, 0) is 42.0 Å². The Balaban J connectivity index is 1.62. The molecule has 0 spiro atoms. The SMILES string of the molecule is CCC(=O)Nc1cccc(C(=O)NN=Cc2ccc3c(c2)OCO3)c1. The minimum atomic E-state index is -0.371. The third kappa shape index (κ3) is 4.14. The van der Waals surface area contributed by atoms with E-state index in [0.717, 1.165) is 5.56 Å². The lowest BCUT2D eigenvalue weighted by atomic mass is 10.2. The first-order chi connectivity index (χ1) is 12.2. The molecule has 0 aromatic heterocycles. The van der Waals surface area contributed by atoms with Crippen LogP contribution in [0.4, 0.5) is 5.69 Å². The van der Waals surface area contributed by atoms with Gasteiger partial charge in [0.15, 0.2) is 11.5 Å². The molecular weight excluding hydrogens is 322 g/mol. The minimum absolute atomic E-state index is 0.113. The molecule has 0 saturated heterocycles. The normalized spacial score (nSPS) is 12.2. The van der Waals surface area contributed by atoms with Crippen LogP contribution >= 0.6 is 0 Å². The average Bonchev–Trinajstić information content (AvgIpc) is 3.09. The molecule has 25 heavy (non-hydrogen) atoms. The second-order valence-corrected chi connectivity index (χ2v) is 5.29. The van der Waals surface area contributed by atoms with E-state index < -0.39 is 0 Å². The number of ether oxygens (including phenoxy) is 2. The Morgan fingerprint density at radius 1 is 1.16 bits per heavy atom. The fraction of sp³-hybridized carbons (Fsp3) is 0.167. The van der Waals surface area contributed by atoms with E-state index in [1.165, 1.54) is 6.21 Å². The Hall–Kier alpha value is -3.35. The number of hydrogen-bond acceptors (Lipinski definition) is 5. The lowest BCUT2D eigenvalue weighted by Crippen LogP contribution is -2.18. The van der Waals surface area contributed by atoms with Crippen LogP contribution in [0.3, 0.4) is 0 Å². The van der Waals surface area contributed by atoms with Gasteiger partial charge in [-0.1, -0.05) is 13.0 Å². The molecule has 1 aliphatic rings. The van der Waals surface area contributed by atoms with Crippen molar-refractivity contribution in [1.82, 2.24) is 5.43 Å². The van der Waals surface area contributed by atoms with Crippen molar-refractivity contribution < 1.29 is 19.1 Å². The molecule has 2 N–H and O–H groups in total. The maximum Gasteiger partial charge on any atom is 0.271 e. The predicted octanol–water partition coefficient (Wildman–Crippen LogP) is 2.53. The number of benzene rings is 2. The van der Waals surface area contributed by atoms with Crippen molar-refractivity contribution in [3.63, 3.8) is 0 Å². The third-order valence-electron chi connectivity index (χ3n) is 3.51. The van der Waals surface area contributed by atoms with Crippen molar-refractivity contribution >= 4 is 23.7 Å². The van der Waals surface area contributed by atoms with E-state index in [2.05, 4.69) is 15.8 Å². The number of hydrogen-bond donors (Lipinski definition) is 2. The van der Waals surface area contributed by atoms with Gasteiger partial charge in [0.1, 0.15) is 0 Å². The maximum atomic E-state index is 12.1. The van der Waals surface area contributed by atoms with Crippen LogP contribution in [0.25, 0.3) is 0 Å². The van der Waals surface area contributed by atoms with Crippen LogP contribution in [-0.2, 0) is 4.79 Å². The molecular formula is C18H17N3O4. The van der Waals surface area contributed by atoms with E-state index in [-0.39, 0.29) is 18.6 Å². The van der Waals surface area contributed by atoms with Gasteiger partial charge in [-0.3, -0.25) is 9.59 Å². The number of anilines is 1. The molecule has 3 rings (SSSR count). The molecule has 128 valence electrons. The van der Waals surface area contributed by atoms with E-state index in [1.54, 1.807) is 43.3 Å². The van der Waals surface area contributed by atoms with Crippen LogP contribution in [0.5, 0.6) is 11.5 Å². The smallest absolute Gasteiger partial charge is 0.271 e. The average molecular weight is 339 g/mol. The summed E-state index contributed by atoms with van der Waals surface area (Å²) in [6, 6.07) is 12.0. The highest BCUT2D eigenvalue weighted by atomic mass is 16.7. The van der Waals surface area contributed by atoms with E-state index in [0.29, 0.717) is 29.2 Å². The summed E-state index contributed by atoms with van der Waals surface area (Å²) in [6.07, 6.45) is 1.89.